The fourth-order valence-corrected chi connectivity index (χ4v) is 1.95. The van der Waals surface area contributed by atoms with E-state index in [1.807, 2.05) is 31.5 Å². The van der Waals surface area contributed by atoms with E-state index in [4.69, 9.17) is 5.73 Å². The quantitative estimate of drug-likeness (QED) is 0.874. The molecule has 1 unspecified atom stereocenters. The molecule has 2 aromatic rings. The van der Waals surface area contributed by atoms with E-state index in [0.717, 1.165) is 21.4 Å². The minimum absolute atomic E-state index is 0.123. The molecule has 0 aliphatic carbocycles. The van der Waals surface area contributed by atoms with E-state index in [-0.39, 0.29) is 6.04 Å². The largest absolute Gasteiger partial charge is 0.328 e. The van der Waals surface area contributed by atoms with Crippen LogP contribution < -0.4 is 5.73 Å². The number of nitrogens with zero attached hydrogens (tertiary/aromatic N) is 3. The van der Waals surface area contributed by atoms with Crippen LogP contribution >= 0.6 is 22.6 Å². The van der Waals surface area contributed by atoms with Gasteiger partial charge in [0.15, 0.2) is 5.82 Å². The molecule has 16 heavy (non-hydrogen) atoms. The summed E-state index contributed by atoms with van der Waals surface area (Å²) in [6, 6.07) is 4.09. The zero-order valence-electron chi connectivity index (χ0n) is 8.97. The first-order valence-corrected chi connectivity index (χ1v) is 6.14. The van der Waals surface area contributed by atoms with E-state index in [9.17, 15) is 0 Å². The Balaban J connectivity index is 2.40. The number of pyridine rings is 1. The highest BCUT2D eigenvalue weighted by Crippen LogP contribution is 2.13. The fraction of sp³-hybridized carbons (Fsp3) is 0.273. The molecule has 1 atom stereocenters. The van der Waals surface area contributed by atoms with Crippen molar-refractivity contribution in [2.45, 2.75) is 19.4 Å². The van der Waals surface area contributed by atoms with Crippen molar-refractivity contribution in [2.75, 3.05) is 0 Å². The van der Waals surface area contributed by atoms with Crippen LogP contribution in [0.3, 0.4) is 0 Å². The predicted octanol–water partition coefficient (Wildman–Crippen LogP) is 1.76. The van der Waals surface area contributed by atoms with Gasteiger partial charge in [-0.25, -0.2) is 9.67 Å². The third-order valence-corrected chi connectivity index (χ3v) is 2.73. The predicted molar refractivity (Wildman–Crippen MR) is 71.4 cm³/mol. The first-order valence-electron chi connectivity index (χ1n) is 5.07. The molecule has 2 heterocycles. The summed E-state index contributed by atoms with van der Waals surface area (Å²) in [5.74, 6) is 0.864. The standard InChI is InChI=1S/C11H13IN4/c1-8(13)5-9-3-2-4-14-11(9)16-7-10(12)6-15-16/h2-4,6-8H,5,13H2,1H3. The summed E-state index contributed by atoms with van der Waals surface area (Å²) in [7, 11) is 0. The molecule has 2 N–H and O–H groups in total. The van der Waals surface area contributed by atoms with Crippen LogP contribution in [-0.2, 0) is 6.42 Å². The Hall–Kier alpha value is -0.950. The van der Waals surface area contributed by atoms with Crippen LogP contribution in [0.15, 0.2) is 30.7 Å². The molecule has 0 aromatic carbocycles. The van der Waals surface area contributed by atoms with Crippen LogP contribution in [0.4, 0.5) is 0 Å². The summed E-state index contributed by atoms with van der Waals surface area (Å²) in [5, 5.41) is 4.26. The van der Waals surface area contributed by atoms with Crippen molar-refractivity contribution in [1.82, 2.24) is 14.8 Å². The summed E-state index contributed by atoms with van der Waals surface area (Å²) in [4.78, 5) is 4.36. The van der Waals surface area contributed by atoms with Crippen molar-refractivity contribution in [3.05, 3.63) is 39.9 Å². The van der Waals surface area contributed by atoms with E-state index in [2.05, 4.69) is 32.7 Å². The monoisotopic (exact) mass is 328 g/mol. The van der Waals surface area contributed by atoms with E-state index >= 15 is 0 Å². The van der Waals surface area contributed by atoms with E-state index in [1.165, 1.54) is 0 Å². The van der Waals surface area contributed by atoms with E-state index in [0.29, 0.717) is 0 Å². The average molecular weight is 328 g/mol. The lowest BCUT2D eigenvalue weighted by atomic mass is 10.1. The first-order chi connectivity index (χ1) is 7.66. The van der Waals surface area contributed by atoms with Gasteiger partial charge in [-0.3, -0.25) is 0 Å². The highest BCUT2D eigenvalue weighted by atomic mass is 127. The summed E-state index contributed by atoms with van der Waals surface area (Å²) in [5.41, 5.74) is 6.94. The van der Waals surface area contributed by atoms with Gasteiger partial charge >= 0.3 is 0 Å². The molecule has 0 saturated heterocycles. The van der Waals surface area contributed by atoms with Gasteiger partial charge in [0.2, 0.25) is 0 Å². The molecule has 2 rings (SSSR count). The third-order valence-electron chi connectivity index (χ3n) is 2.18. The van der Waals surface area contributed by atoms with Gasteiger partial charge in [-0.1, -0.05) is 6.07 Å². The van der Waals surface area contributed by atoms with Gasteiger partial charge in [-0.15, -0.1) is 0 Å². The average Bonchev–Trinajstić information content (AvgIpc) is 2.65. The van der Waals surface area contributed by atoms with Crippen LogP contribution in [0, 0.1) is 3.57 Å². The Kier molecular flexibility index (Phi) is 3.55. The van der Waals surface area contributed by atoms with Crippen molar-refractivity contribution in [1.29, 1.82) is 0 Å². The van der Waals surface area contributed by atoms with Gasteiger partial charge in [-0.2, -0.15) is 5.10 Å². The molecule has 0 amide bonds. The van der Waals surface area contributed by atoms with Crippen LogP contribution in [0.2, 0.25) is 0 Å². The lowest BCUT2D eigenvalue weighted by molar-refractivity contribution is 0.720. The van der Waals surface area contributed by atoms with Crippen molar-refractivity contribution in [3.8, 4) is 5.82 Å². The van der Waals surface area contributed by atoms with Gasteiger partial charge in [0, 0.05) is 18.4 Å². The molecule has 0 bridgehead atoms. The number of nitrogens with two attached hydrogens (primary N) is 1. The highest BCUT2D eigenvalue weighted by molar-refractivity contribution is 14.1. The van der Waals surface area contributed by atoms with Gasteiger partial charge in [-0.05, 0) is 47.6 Å². The Morgan fingerprint density at radius 2 is 2.38 bits per heavy atom. The lowest BCUT2D eigenvalue weighted by Gasteiger charge is -2.09. The molecule has 84 valence electrons. The summed E-state index contributed by atoms with van der Waals surface area (Å²) in [6.45, 7) is 1.99. The van der Waals surface area contributed by atoms with Gasteiger partial charge in [0.1, 0.15) is 0 Å². The number of hydrogen-bond donors (Lipinski definition) is 1. The third kappa shape index (κ3) is 2.59. The molecule has 0 saturated carbocycles. The Labute approximate surface area is 108 Å². The maximum atomic E-state index is 5.82. The molecule has 2 aromatic heterocycles. The second-order valence-electron chi connectivity index (χ2n) is 3.77. The van der Waals surface area contributed by atoms with Crippen molar-refractivity contribution in [2.24, 2.45) is 5.73 Å². The van der Waals surface area contributed by atoms with Gasteiger partial charge < -0.3 is 5.73 Å². The minimum atomic E-state index is 0.123. The zero-order valence-corrected chi connectivity index (χ0v) is 11.1. The Bertz CT molecular complexity index is 478. The number of halogens is 1. The molecule has 0 spiro atoms. The van der Waals surface area contributed by atoms with Crippen molar-refractivity contribution in [3.63, 3.8) is 0 Å². The van der Waals surface area contributed by atoms with Crippen molar-refractivity contribution < 1.29 is 0 Å². The maximum absolute atomic E-state index is 5.82. The smallest absolute Gasteiger partial charge is 0.156 e. The second-order valence-corrected chi connectivity index (χ2v) is 5.02. The Morgan fingerprint density at radius 1 is 1.56 bits per heavy atom. The molecular formula is C11H13IN4. The minimum Gasteiger partial charge on any atom is -0.328 e. The van der Waals surface area contributed by atoms with E-state index in [1.54, 1.807) is 10.9 Å². The SMILES string of the molecule is CC(N)Cc1cccnc1-n1cc(I)cn1. The highest BCUT2D eigenvalue weighted by Gasteiger charge is 2.08. The summed E-state index contributed by atoms with van der Waals surface area (Å²) >= 11 is 2.23. The van der Waals surface area contributed by atoms with Gasteiger partial charge in [0.25, 0.3) is 0 Å². The van der Waals surface area contributed by atoms with E-state index < -0.39 is 0 Å². The summed E-state index contributed by atoms with van der Waals surface area (Å²) in [6.07, 6.45) is 6.34. The Morgan fingerprint density at radius 3 is 3.00 bits per heavy atom. The molecule has 5 heteroatoms. The molecule has 0 aliphatic rings. The van der Waals surface area contributed by atoms with Gasteiger partial charge in [0.05, 0.1) is 9.77 Å². The summed E-state index contributed by atoms with van der Waals surface area (Å²) < 4.78 is 2.88. The van der Waals surface area contributed by atoms with Crippen LogP contribution in [0.1, 0.15) is 12.5 Å². The first kappa shape index (κ1) is 11.5. The topological polar surface area (TPSA) is 56.7 Å². The maximum Gasteiger partial charge on any atom is 0.156 e. The van der Waals surface area contributed by atoms with Crippen LogP contribution in [-0.4, -0.2) is 20.8 Å². The van der Waals surface area contributed by atoms with Crippen LogP contribution in [0.25, 0.3) is 5.82 Å². The molecule has 4 nitrogen and oxygen atoms in total. The zero-order chi connectivity index (χ0) is 11.5. The molecule has 0 aliphatic heterocycles. The molecular weight excluding hydrogens is 315 g/mol. The number of rotatable bonds is 3. The normalized spacial score (nSPS) is 12.7. The van der Waals surface area contributed by atoms with Crippen LogP contribution in [0.5, 0.6) is 0 Å². The fourth-order valence-electron chi connectivity index (χ4n) is 1.56. The van der Waals surface area contributed by atoms with Crippen molar-refractivity contribution >= 4 is 22.6 Å². The molecule has 0 fully saturated rings. The number of aromatic nitrogens is 3. The second kappa shape index (κ2) is 4.92. The molecule has 0 radical (unpaired) electrons. The number of hydrogen-bond acceptors (Lipinski definition) is 3. The lowest BCUT2D eigenvalue weighted by Crippen LogP contribution is -2.19.